The minimum atomic E-state index is 0.0698. The van der Waals surface area contributed by atoms with Crippen molar-refractivity contribution in [3.05, 3.63) is 101 Å². The van der Waals surface area contributed by atoms with E-state index >= 15 is 0 Å². The van der Waals surface area contributed by atoms with E-state index in [1.165, 1.54) is 16.9 Å². The van der Waals surface area contributed by atoms with Crippen LogP contribution in [0.3, 0.4) is 0 Å². The highest BCUT2D eigenvalue weighted by atomic mass is 32.1. The molecule has 1 atom stereocenters. The Morgan fingerprint density at radius 2 is 1.74 bits per heavy atom. The standard InChI is InChI=1S/C26H24N2O2S/c1-17(29)22-5-3-4-6-23(22)19-9-7-18(8-10-19)15-24(25-16-31-26(27)28-25)20-11-13-21(30-2)14-12-20/h3-14,16,24H,15H2,1-2H3,(H2,27,28)/t24-/m0/s1. The molecule has 4 nitrogen and oxygen atoms in total. The van der Waals surface area contributed by atoms with Gasteiger partial charge in [0.25, 0.3) is 0 Å². The summed E-state index contributed by atoms with van der Waals surface area (Å²) in [5.41, 5.74) is 12.0. The number of Topliss-reactive ketones (excluding diaryl/α,β-unsaturated/α-hetero) is 1. The summed E-state index contributed by atoms with van der Waals surface area (Å²) in [5, 5.41) is 2.60. The van der Waals surface area contributed by atoms with Crippen molar-refractivity contribution in [2.24, 2.45) is 0 Å². The van der Waals surface area contributed by atoms with Crippen LogP contribution >= 0.6 is 11.3 Å². The van der Waals surface area contributed by atoms with Gasteiger partial charge in [0.1, 0.15) is 5.75 Å². The first-order valence-corrected chi connectivity index (χ1v) is 11.0. The Kier molecular flexibility index (Phi) is 6.14. The number of anilines is 1. The number of rotatable bonds is 7. The number of aromatic nitrogens is 1. The molecule has 0 aliphatic heterocycles. The Hall–Kier alpha value is -3.44. The molecule has 4 rings (SSSR count). The van der Waals surface area contributed by atoms with E-state index in [-0.39, 0.29) is 11.7 Å². The van der Waals surface area contributed by atoms with Gasteiger partial charge in [0.15, 0.2) is 10.9 Å². The molecular weight excluding hydrogens is 404 g/mol. The smallest absolute Gasteiger partial charge is 0.180 e. The fraction of sp³-hybridized carbons (Fsp3) is 0.154. The molecule has 0 saturated heterocycles. The first-order valence-electron chi connectivity index (χ1n) is 10.1. The van der Waals surface area contributed by atoms with Gasteiger partial charge in [-0.05, 0) is 47.7 Å². The van der Waals surface area contributed by atoms with E-state index in [9.17, 15) is 4.79 Å². The summed E-state index contributed by atoms with van der Waals surface area (Å²) >= 11 is 1.46. The highest BCUT2D eigenvalue weighted by Crippen LogP contribution is 2.32. The number of ether oxygens (including phenoxy) is 1. The highest BCUT2D eigenvalue weighted by Gasteiger charge is 2.18. The molecule has 0 radical (unpaired) electrons. The molecule has 2 N–H and O–H groups in total. The molecule has 0 spiro atoms. The molecule has 0 aliphatic carbocycles. The van der Waals surface area contributed by atoms with Crippen LogP contribution < -0.4 is 10.5 Å². The van der Waals surface area contributed by atoms with Crippen molar-refractivity contribution in [3.8, 4) is 16.9 Å². The summed E-state index contributed by atoms with van der Waals surface area (Å²) in [7, 11) is 1.67. The lowest BCUT2D eigenvalue weighted by Crippen LogP contribution is -2.06. The maximum atomic E-state index is 12.0. The van der Waals surface area contributed by atoms with Gasteiger partial charge in [0.05, 0.1) is 12.8 Å². The number of methoxy groups -OCH3 is 1. The summed E-state index contributed by atoms with van der Waals surface area (Å²) in [4.78, 5) is 16.5. The fourth-order valence-corrected chi connectivity index (χ4v) is 4.40. The molecule has 1 aromatic heterocycles. The zero-order valence-corrected chi connectivity index (χ0v) is 18.4. The number of nitrogens with zero attached hydrogens (tertiary/aromatic N) is 1. The lowest BCUT2D eigenvalue weighted by molar-refractivity contribution is 0.101. The minimum Gasteiger partial charge on any atom is -0.497 e. The summed E-state index contributed by atoms with van der Waals surface area (Å²) in [6, 6.07) is 24.2. The SMILES string of the molecule is COc1ccc([C@H](Cc2ccc(-c3ccccc3C(C)=O)cc2)c2csc(N)n2)cc1. The molecule has 5 heteroatoms. The number of hydrogen-bond acceptors (Lipinski definition) is 5. The van der Waals surface area contributed by atoms with Gasteiger partial charge in [-0.3, -0.25) is 4.79 Å². The van der Waals surface area contributed by atoms with Crippen LogP contribution in [0.2, 0.25) is 0 Å². The molecule has 0 bridgehead atoms. The van der Waals surface area contributed by atoms with Crippen LogP contribution in [-0.4, -0.2) is 17.9 Å². The van der Waals surface area contributed by atoms with Gasteiger partial charge in [-0.15, -0.1) is 11.3 Å². The van der Waals surface area contributed by atoms with Gasteiger partial charge < -0.3 is 10.5 Å². The second-order valence-electron chi connectivity index (χ2n) is 7.44. The van der Waals surface area contributed by atoms with Crippen molar-refractivity contribution >= 4 is 22.3 Å². The second kappa shape index (κ2) is 9.14. The van der Waals surface area contributed by atoms with Gasteiger partial charge in [0, 0.05) is 16.9 Å². The van der Waals surface area contributed by atoms with Crippen LogP contribution in [0.1, 0.15) is 40.0 Å². The van der Waals surface area contributed by atoms with E-state index in [2.05, 4.69) is 41.4 Å². The van der Waals surface area contributed by atoms with Crippen molar-refractivity contribution < 1.29 is 9.53 Å². The van der Waals surface area contributed by atoms with Crippen LogP contribution in [0.15, 0.2) is 78.2 Å². The number of benzene rings is 3. The predicted octanol–water partition coefficient (Wildman–Crippen LogP) is 5.98. The van der Waals surface area contributed by atoms with E-state index in [0.717, 1.165) is 40.1 Å². The van der Waals surface area contributed by atoms with Gasteiger partial charge in [-0.1, -0.05) is 60.7 Å². The van der Waals surface area contributed by atoms with Gasteiger partial charge in [0.2, 0.25) is 0 Å². The number of hydrogen-bond donors (Lipinski definition) is 1. The van der Waals surface area contributed by atoms with E-state index in [1.807, 2.05) is 41.8 Å². The quantitative estimate of drug-likeness (QED) is 0.368. The topological polar surface area (TPSA) is 65.2 Å². The number of ketones is 1. The van der Waals surface area contributed by atoms with Gasteiger partial charge in [-0.25, -0.2) is 4.98 Å². The zero-order valence-electron chi connectivity index (χ0n) is 17.5. The molecular formula is C26H24N2O2S. The molecule has 0 saturated carbocycles. The second-order valence-corrected chi connectivity index (χ2v) is 8.33. The van der Waals surface area contributed by atoms with Crippen molar-refractivity contribution in [2.75, 3.05) is 12.8 Å². The van der Waals surface area contributed by atoms with E-state index < -0.39 is 0 Å². The first kappa shape index (κ1) is 20.8. The van der Waals surface area contributed by atoms with Crippen molar-refractivity contribution in [1.82, 2.24) is 4.98 Å². The fourth-order valence-electron chi connectivity index (χ4n) is 3.79. The summed E-state index contributed by atoms with van der Waals surface area (Å²) < 4.78 is 5.30. The van der Waals surface area contributed by atoms with E-state index in [4.69, 9.17) is 10.5 Å². The summed E-state index contributed by atoms with van der Waals surface area (Å²) in [6.45, 7) is 1.60. The molecule has 156 valence electrons. The van der Waals surface area contributed by atoms with Gasteiger partial charge in [-0.2, -0.15) is 0 Å². The molecule has 1 heterocycles. The summed E-state index contributed by atoms with van der Waals surface area (Å²) in [5.74, 6) is 0.990. The highest BCUT2D eigenvalue weighted by molar-refractivity contribution is 7.13. The average Bonchev–Trinajstić information content (AvgIpc) is 3.24. The van der Waals surface area contributed by atoms with Crippen LogP contribution in [0.25, 0.3) is 11.1 Å². The normalized spacial score (nSPS) is 11.8. The molecule has 0 amide bonds. The Morgan fingerprint density at radius 3 is 2.35 bits per heavy atom. The van der Waals surface area contributed by atoms with Gasteiger partial charge >= 0.3 is 0 Å². The Morgan fingerprint density at radius 1 is 1.03 bits per heavy atom. The predicted molar refractivity (Wildman–Crippen MR) is 127 cm³/mol. The molecule has 31 heavy (non-hydrogen) atoms. The van der Waals surface area contributed by atoms with Crippen LogP contribution in [0.5, 0.6) is 5.75 Å². The Bertz CT molecular complexity index is 1180. The lowest BCUT2D eigenvalue weighted by atomic mass is 9.89. The van der Waals surface area contributed by atoms with Crippen molar-refractivity contribution in [3.63, 3.8) is 0 Å². The Balaban J connectivity index is 1.64. The van der Waals surface area contributed by atoms with Crippen molar-refractivity contribution in [1.29, 1.82) is 0 Å². The largest absolute Gasteiger partial charge is 0.497 e. The number of carbonyl (C=O) groups excluding carboxylic acids is 1. The molecule has 0 fully saturated rings. The molecule has 0 unspecified atom stereocenters. The van der Waals surface area contributed by atoms with E-state index in [1.54, 1.807) is 14.0 Å². The Labute approximate surface area is 186 Å². The molecule has 0 aliphatic rings. The first-order chi connectivity index (χ1) is 15.0. The maximum absolute atomic E-state index is 12.0. The molecule has 4 aromatic rings. The van der Waals surface area contributed by atoms with E-state index in [0.29, 0.717) is 5.13 Å². The molecule has 3 aromatic carbocycles. The van der Waals surface area contributed by atoms with Crippen LogP contribution in [0.4, 0.5) is 5.13 Å². The number of thiazole rings is 1. The lowest BCUT2D eigenvalue weighted by Gasteiger charge is -2.17. The third-order valence-electron chi connectivity index (χ3n) is 5.43. The summed E-state index contributed by atoms with van der Waals surface area (Å²) in [6.07, 6.45) is 0.796. The maximum Gasteiger partial charge on any atom is 0.180 e. The average molecular weight is 429 g/mol. The zero-order chi connectivity index (χ0) is 21.8. The number of carbonyl (C=O) groups is 1. The van der Waals surface area contributed by atoms with Crippen LogP contribution in [-0.2, 0) is 6.42 Å². The number of nitrogens with two attached hydrogens (primary N) is 1. The van der Waals surface area contributed by atoms with Crippen LogP contribution in [0, 0.1) is 0 Å². The minimum absolute atomic E-state index is 0.0698. The monoisotopic (exact) mass is 428 g/mol. The van der Waals surface area contributed by atoms with Crippen molar-refractivity contribution in [2.45, 2.75) is 19.3 Å². The third-order valence-corrected chi connectivity index (χ3v) is 6.12. The number of nitrogen functional groups attached to an aromatic ring is 1. The third kappa shape index (κ3) is 4.67.